The summed E-state index contributed by atoms with van der Waals surface area (Å²) in [4.78, 5) is 28.5. The molecule has 3 rings (SSSR count). The van der Waals surface area contributed by atoms with Crippen molar-refractivity contribution < 1.29 is 14.5 Å². The van der Waals surface area contributed by atoms with Gasteiger partial charge in [-0.05, 0) is 18.2 Å². The van der Waals surface area contributed by atoms with Gasteiger partial charge in [0.2, 0.25) is 0 Å². The number of nitrogens with zero attached hydrogens (tertiary/aromatic N) is 3. The van der Waals surface area contributed by atoms with E-state index in [9.17, 15) is 14.9 Å². The van der Waals surface area contributed by atoms with Crippen molar-refractivity contribution in [2.24, 2.45) is 0 Å². The van der Waals surface area contributed by atoms with Gasteiger partial charge < -0.3 is 4.74 Å². The number of nitro groups is 1. The van der Waals surface area contributed by atoms with E-state index in [0.717, 1.165) is 10.2 Å². The third-order valence-electron chi connectivity index (χ3n) is 3.36. The third kappa shape index (κ3) is 3.18. The van der Waals surface area contributed by atoms with Gasteiger partial charge >= 0.3 is 5.69 Å². The number of hydrogen-bond acceptors (Lipinski definition) is 6. The summed E-state index contributed by atoms with van der Waals surface area (Å²) in [5.41, 5.74) is 0.643. The van der Waals surface area contributed by atoms with E-state index in [1.54, 1.807) is 19.2 Å². The van der Waals surface area contributed by atoms with Crippen LogP contribution in [0.4, 0.5) is 10.8 Å². The first-order valence-electron chi connectivity index (χ1n) is 7.04. The Morgan fingerprint density at radius 1 is 1.25 bits per heavy atom. The Balaban J connectivity index is 1.72. The molecule has 0 saturated heterocycles. The number of carbonyl (C=O) groups excluding carboxylic acids is 1. The molecular formula is C16H13N3O4S. The van der Waals surface area contributed by atoms with Crippen LogP contribution in [0.2, 0.25) is 0 Å². The van der Waals surface area contributed by atoms with Crippen LogP contribution < -0.4 is 9.64 Å². The van der Waals surface area contributed by atoms with Crippen LogP contribution in [0.1, 0.15) is 0 Å². The first kappa shape index (κ1) is 15.9. The maximum Gasteiger partial charge on any atom is 0.310 e. The molecule has 0 atom stereocenters. The van der Waals surface area contributed by atoms with Gasteiger partial charge in [0.25, 0.3) is 5.91 Å². The summed E-state index contributed by atoms with van der Waals surface area (Å²) >= 11 is 1.39. The van der Waals surface area contributed by atoms with Crippen LogP contribution >= 0.6 is 11.3 Å². The van der Waals surface area contributed by atoms with Crippen molar-refractivity contribution in [2.75, 3.05) is 18.6 Å². The van der Waals surface area contributed by atoms with Crippen LogP contribution in [0, 0.1) is 10.1 Å². The molecule has 2 aromatic carbocycles. The van der Waals surface area contributed by atoms with Gasteiger partial charge in [0, 0.05) is 13.1 Å². The number of fused-ring (bicyclic) bond motifs is 1. The number of hydrogen-bond donors (Lipinski definition) is 0. The number of ether oxygens (including phenoxy) is 1. The highest BCUT2D eigenvalue weighted by molar-refractivity contribution is 7.22. The van der Waals surface area contributed by atoms with Crippen LogP contribution in [0.3, 0.4) is 0 Å². The number of nitro benzene ring substituents is 1. The Kier molecular flexibility index (Phi) is 4.39. The maximum atomic E-state index is 12.3. The average molecular weight is 343 g/mol. The number of amides is 1. The SMILES string of the molecule is CN(C(=O)COc1ccccc1[N+](=O)[O-])c1nc2ccccc2s1. The van der Waals surface area contributed by atoms with Gasteiger partial charge in [0.1, 0.15) is 0 Å². The van der Waals surface area contributed by atoms with Crippen LogP contribution in [-0.2, 0) is 4.79 Å². The molecule has 3 aromatic rings. The van der Waals surface area contributed by atoms with Crippen LogP contribution in [0.5, 0.6) is 5.75 Å². The highest BCUT2D eigenvalue weighted by Crippen LogP contribution is 2.28. The molecule has 1 heterocycles. The summed E-state index contributed by atoms with van der Waals surface area (Å²) in [6, 6.07) is 13.5. The van der Waals surface area contributed by atoms with Crippen LogP contribution in [0.25, 0.3) is 10.2 Å². The summed E-state index contributed by atoms with van der Waals surface area (Å²) in [7, 11) is 1.60. The predicted molar refractivity (Wildman–Crippen MR) is 91.6 cm³/mol. The normalized spacial score (nSPS) is 10.5. The second-order valence-electron chi connectivity index (χ2n) is 4.93. The summed E-state index contributed by atoms with van der Waals surface area (Å²) in [6.45, 7) is -0.308. The molecule has 0 fully saturated rings. The number of anilines is 1. The van der Waals surface area contributed by atoms with E-state index in [4.69, 9.17) is 4.74 Å². The molecule has 7 nitrogen and oxygen atoms in total. The number of carbonyl (C=O) groups is 1. The predicted octanol–water partition coefficient (Wildman–Crippen LogP) is 3.25. The van der Waals surface area contributed by atoms with Gasteiger partial charge in [0.15, 0.2) is 17.5 Å². The Bertz CT molecular complexity index is 876. The Morgan fingerprint density at radius 3 is 2.71 bits per heavy atom. The van der Waals surface area contributed by atoms with Crippen LogP contribution in [0.15, 0.2) is 48.5 Å². The van der Waals surface area contributed by atoms with Crippen molar-refractivity contribution in [1.82, 2.24) is 4.98 Å². The molecule has 24 heavy (non-hydrogen) atoms. The maximum absolute atomic E-state index is 12.3. The lowest BCUT2D eigenvalue weighted by molar-refractivity contribution is -0.385. The van der Waals surface area contributed by atoms with E-state index in [0.29, 0.717) is 5.13 Å². The number of thiazole rings is 1. The molecule has 8 heteroatoms. The third-order valence-corrected chi connectivity index (χ3v) is 4.47. The quantitative estimate of drug-likeness (QED) is 0.524. The molecule has 0 saturated carbocycles. The van der Waals surface area contributed by atoms with E-state index >= 15 is 0 Å². The van der Waals surface area contributed by atoms with E-state index in [-0.39, 0.29) is 24.0 Å². The van der Waals surface area contributed by atoms with Gasteiger partial charge in [-0.25, -0.2) is 4.98 Å². The molecule has 1 aromatic heterocycles. The first-order chi connectivity index (χ1) is 11.6. The fraction of sp³-hybridized carbons (Fsp3) is 0.125. The highest BCUT2D eigenvalue weighted by atomic mass is 32.1. The smallest absolute Gasteiger partial charge is 0.310 e. The standard InChI is InChI=1S/C16H13N3O4S/c1-18(16-17-11-6-2-5-9-14(11)24-16)15(20)10-23-13-8-4-3-7-12(13)19(21)22/h2-9H,10H2,1H3. The lowest BCUT2D eigenvalue weighted by atomic mass is 10.3. The average Bonchev–Trinajstić information content (AvgIpc) is 3.03. The molecule has 0 spiro atoms. The Labute approximate surface area is 141 Å². The number of rotatable bonds is 5. The molecule has 0 unspecified atom stereocenters. The summed E-state index contributed by atoms with van der Waals surface area (Å²) in [6.07, 6.45) is 0. The number of aromatic nitrogens is 1. The van der Waals surface area contributed by atoms with Gasteiger partial charge in [-0.15, -0.1) is 0 Å². The van der Waals surface area contributed by atoms with Gasteiger partial charge in [-0.2, -0.15) is 0 Å². The van der Waals surface area contributed by atoms with Gasteiger partial charge in [-0.3, -0.25) is 19.8 Å². The van der Waals surface area contributed by atoms with E-state index in [1.165, 1.54) is 28.4 Å². The molecule has 0 aliphatic carbocycles. The lowest BCUT2D eigenvalue weighted by Gasteiger charge is -2.14. The second kappa shape index (κ2) is 6.63. The van der Waals surface area contributed by atoms with Gasteiger partial charge in [0.05, 0.1) is 15.1 Å². The van der Waals surface area contributed by atoms with Crippen molar-refractivity contribution in [2.45, 2.75) is 0 Å². The van der Waals surface area contributed by atoms with Crippen LogP contribution in [-0.4, -0.2) is 29.5 Å². The Hall–Kier alpha value is -3.00. The van der Waals surface area contributed by atoms with Gasteiger partial charge in [-0.1, -0.05) is 35.6 Å². The highest BCUT2D eigenvalue weighted by Gasteiger charge is 2.19. The van der Waals surface area contributed by atoms with Crippen molar-refractivity contribution in [1.29, 1.82) is 0 Å². The molecule has 0 aliphatic heterocycles. The van der Waals surface area contributed by atoms with E-state index < -0.39 is 4.92 Å². The summed E-state index contributed by atoms with van der Waals surface area (Å²) in [5, 5.41) is 11.5. The molecule has 122 valence electrons. The number of benzene rings is 2. The van der Waals surface area contributed by atoms with Crippen molar-refractivity contribution in [3.8, 4) is 5.75 Å². The molecule has 1 amide bonds. The minimum atomic E-state index is -0.545. The van der Waals surface area contributed by atoms with Crippen molar-refractivity contribution >= 4 is 38.3 Å². The number of likely N-dealkylation sites (N-methyl/N-ethyl adjacent to an activating group) is 1. The monoisotopic (exact) mass is 343 g/mol. The topological polar surface area (TPSA) is 85.6 Å². The summed E-state index contributed by atoms with van der Waals surface area (Å²) in [5.74, 6) is -0.277. The molecule has 0 aliphatic rings. The molecule has 0 N–H and O–H groups in total. The fourth-order valence-electron chi connectivity index (χ4n) is 2.08. The van der Waals surface area contributed by atoms with Crippen molar-refractivity contribution in [3.05, 3.63) is 58.6 Å². The summed E-state index contributed by atoms with van der Waals surface area (Å²) < 4.78 is 6.30. The minimum absolute atomic E-state index is 0.0635. The minimum Gasteiger partial charge on any atom is -0.477 e. The van der Waals surface area contributed by atoms with E-state index in [2.05, 4.69) is 4.98 Å². The zero-order chi connectivity index (χ0) is 17.1. The molecule has 0 bridgehead atoms. The Morgan fingerprint density at radius 2 is 1.96 bits per heavy atom. The second-order valence-corrected chi connectivity index (χ2v) is 5.94. The molecule has 0 radical (unpaired) electrons. The lowest BCUT2D eigenvalue weighted by Crippen LogP contribution is -2.31. The zero-order valence-electron chi connectivity index (χ0n) is 12.7. The first-order valence-corrected chi connectivity index (χ1v) is 7.86. The number of para-hydroxylation sites is 3. The zero-order valence-corrected chi connectivity index (χ0v) is 13.5. The van der Waals surface area contributed by atoms with E-state index in [1.807, 2.05) is 24.3 Å². The largest absolute Gasteiger partial charge is 0.477 e. The molecular weight excluding hydrogens is 330 g/mol. The fourth-order valence-corrected chi connectivity index (χ4v) is 3.02. The van der Waals surface area contributed by atoms with Crippen molar-refractivity contribution in [3.63, 3.8) is 0 Å².